The monoisotopic (exact) mass is 1010 g/mol. The molecule has 23 nitrogen and oxygen atoms in total. The number of carboxylic acids is 2. The summed E-state index contributed by atoms with van der Waals surface area (Å²) in [6.45, 7) is 20.8. The van der Waals surface area contributed by atoms with E-state index in [1.807, 2.05) is 41.5 Å². The molecule has 56 heavy (non-hydrogen) atoms. The van der Waals surface area contributed by atoms with Crippen molar-refractivity contribution in [3.8, 4) is 0 Å². The molecular weight excluding hydrogens is 910 g/mol. The van der Waals surface area contributed by atoms with E-state index in [9.17, 15) is 19.2 Å². The fourth-order valence-corrected chi connectivity index (χ4v) is 0. The van der Waals surface area contributed by atoms with E-state index in [0.29, 0.717) is 12.9 Å². The maximum atomic E-state index is 9.70. The van der Waals surface area contributed by atoms with Gasteiger partial charge in [0, 0.05) is 137 Å². The average Bonchev–Trinajstić information content (AvgIpc) is 3.01. The SMILES string of the molecule is C.C.C.C.CC.CC.CC.CC(=O)O.CC(=O)O.CNC(C)=O.CNC(C)=O.CNC(C)=O.CNC(C)=O.COC=O.COC=O.O.O.O.O.O.O.O.[2H]C.[Y].[Y]. The minimum absolute atomic E-state index is 0. The molecule has 0 aliphatic heterocycles. The Morgan fingerprint density at radius 2 is 0.464 bits per heavy atom. The maximum Gasteiger partial charge on any atom is 0.300 e. The fraction of sp³-hybridized carbons (Fsp3) is 0.742. The first kappa shape index (κ1) is 169. The number of hydrogen-bond acceptors (Lipinski definition) is 10. The van der Waals surface area contributed by atoms with E-state index >= 15 is 0 Å². The molecule has 0 aromatic carbocycles. The second-order valence-corrected chi connectivity index (χ2v) is 4.93. The minimum atomic E-state index is -0.833. The fourth-order valence-electron chi connectivity index (χ4n) is 0. The molecule has 0 fully saturated rings. The van der Waals surface area contributed by atoms with Crippen molar-refractivity contribution >= 4 is 48.5 Å². The Kier molecular flexibility index (Phi) is 758. The number of rotatable bonds is 2. The van der Waals surface area contributed by atoms with Gasteiger partial charge in [-0.1, -0.05) is 78.7 Å². The Balaban J connectivity index is -0.00000000844. The summed E-state index contributed by atoms with van der Waals surface area (Å²) in [5.74, 6) is -1.65. The third-order valence-corrected chi connectivity index (χ3v) is 1.60. The van der Waals surface area contributed by atoms with Crippen LogP contribution in [0.15, 0.2) is 0 Å². The van der Waals surface area contributed by atoms with Crippen molar-refractivity contribution in [2.75, 3.05) is 42.4 Å². The molecular formula is C31H96N4O19Y2. The van der Waals surface area contributed by atoms with Gasteiger partial charge in [0.2, 0.25) is 23.6 Å². The van der Waals surface area contributed by atoms with Crippen molar-refractivity contribution < 1.29 is 163 Å². The second-order valence-electron chi connectivity index (χ2n) is 4.93. The first-order chi connectivity index (χ1) is 20.4. The van der Waals surface area contributed by atoms with Gasteiger partial charge < -0.3 is 79.3 Å². The molecule has 0 aromatic heterocycles. The smallest absolute Gasteiger partial charge is 0.300 e. The van der Waals surface area contributed by atoms with E-state index in [-0.39, 0.29) is 157 Å². The van der Waals surface area contributed by atoms with Gasteiger partial charge in [-0.2, -0.15) is 0 Å². The Labute approximate surface area is 393 Å². The van der Waals surface area contributed by atoms with Crippen LogP contribution in [0.5, 0.6) is 0 Å². The topological polar surface area (TPSA) is 464 Å². The third-order valence-electron chi connectivity index (χ3n) is 1.60. The number of carbonyl (C=O) groups excluding carboxylic acids is 6. The number of ether oxygens (including phenoxy) is 2. The molecule has 25 heteroatoms. The number of amides is 4. The van der Waals surface area contributed by atoms with Crippen LogP contribution in [0.2, 0.25) is 0 Å². The van der Waals surface area contributed by atoms with E-state index in [4.69, 9.17) is 30.8 Å². The van der Waals surface area contributed by atoms with Crippen LogP contribution < -0.4 is 21.3 Å². The Hall–Kier alpha value is -2.31. The van der Waals surface area contributed by atoms with Gasteiger partial charge in [-0.3, -0.25) is 38.4 Å². The molecule has 0 aliphatic carbocycles. The Morgan fingerprint density at radius 3 is 0.464 bits per heavy atom. The van der Waals surface area contributed by atoms with Gasteiger partial charge in [-0.25, -0.2) is 0 Å². The quantitative estimate of drug-likeness (QED) is 0.186. The van der Waals surface area contributed by atoms with Gasteiger partial charge in [-0.15, -0.1) is 0 Å². The summed E-state index contributed by atoms with van der Waals surface area (Å²) in [5, 5.41) is 24.4. The summed E-state index contributed by atoms with van der Waals surface area (Å²) < 4.78 is 13.5. The summed E-state index contributed by atoms with van der Waals surface area (Å²) in [6.07, 6.45) is 0. The predicted molar refractivity (Wildman–Crippen MR) is 225 cm³/mol. The van der Waals surface area contributed by atoms with Crippen LogP contribution in [0, 0.1) is 0 Å². The van der Waals surface area contributed by atoms with Gasteiger partial charge in [0.25, 0.3) is 24.9 Å². The zero-order valence-electron chi connectivity index (χ0n) is 35.8. The summed E-state index contributed by atoms with van der Waals surface area (Å²) in [7, 11) is 10.3. The number of hydrogen-bond donors (Lipinski definition) is 6. The standard InChI is InChI=1S/4C3H7NO.4C2H4O2.3C2H6.5CH4.7H2O.2Y/c4*1-3(5)4-2;2*1-4-2-3;2*1-2(3)4;3*1-2;;;;;;;;;;;;;;/h4*1-2H3,(H,4,5);2*2H,1H3;2*1H3,(H,3,4);3*1-2H3;5*1H4;7*1H2;;/i;;;;;;;;;;;1D;;;;;;;;;;;;;. The Morgan fingerprint density at radius 1 is 0.429 bits per heavy atom. The van der Waals surface area contributed by atoms with Crippen LogP contribution in [0.4, 0.5) is 0 Å². The minimum Gasteiger partial charge on any atom is -0.481 e. The summed E-state index contributed by atoms with van der Waals surface area (Å²) in [4.78, 5) is 74.7. The van der Waals surface area contributed by atoms with Crippen molar-refractivity contribution in [1.82, 2.24) is 21.3 Å². The van der Waals surface area contributed by atoms with Crippen LogP contribution in [0.25, 0.3) is 0 Å². The molecule has 0 heterocycles. The number of nitrogens with one attached hydrogen (secondary N) is 4. The molecule has 0 rings (SSSR count). The predicted octanol–water partition coefficient (Wildman–Crippen LogP) is -0.749. The van der Waals surface area contributed by atoms with Crippen molar-refractivity contribution in [3.63, 3.8) is 0 Å². The zero-order valence-corrected chi connectivity index (χ0v) is 40.5. The van der Waals surface area contributed by atoms with Crippen LogP contribution in [-0.2, 0) is 113 Å². The van der Waals surface area contributed by atoms with Crippen LogP contribution in [0.1, 0.15) is 122 Å². The van der Waals surface area contributed by atoms with Crippen LogP contribution >= 0.6 is 0 Å². The van der Waals surface area contributed by atoms with Crippen molar-refractivity contribution in [2.45, 2.75) is 120 Å². The summed E-state index contributed by atoms with van der Waals surface area (Å²) >= 11 is 0. The maximum absolute atomic E-state index is 9.70. The van der Waals surface area contributed by atoms with E-state index in [2.05, 4.69) is 30.7 Å². The molecule has 0 atom stereocenters. The van der Waals surface area contributed by atoms with Gasteiger partial charge >= 0.3 is 0 Å². The summed E-state index contributed by atoms with van der Waals surface area (Å²) in [6, 6.07) is 0. The van der Waals surface area contributed by atoms with Gasteiger partial charge in [0.1, 0.15) is 0 Å². The summed E-state index contributed by atoms with van der Waals surface area (Å²) in [5.41, 5.74) is 0. The molecule has 360 valence electrons. The number of methoxy groups -OCH3 is 2. The molecule has 0 saturated heterocycles. The molecule has 0 unspecified atom stereocenters. The van der Waals surface area contributed by atoms with Gasteiger partial charge in [-0.05, 0) is 0 Å². The first-order valence-corrected chi connectivity index (χ1v) is 12.4. The molecule has 0 saturated carbocycles. The molecule has 4 amide bonds. The average molecular weight is 1010 g/mol. The molecule has 2 radical (unpaired) electrons. The van der Waals surface area contributed by atoms with Crippen LogP contribution in [0.3, 0.4) is 0 Å². The largest absolute Gasteiger partial charge is 0.481 e. The van der Waals surface area contributed by atoms with Crippen molar-refractivity contribution in [3.05, 3.63) is 0 Å². The van der Waals surface area contributed by atoms with Gasteiger partial charge in [0.05, 0.1) is 14.2 Å². The third kappa shape index (κ3) is 2250. The molecule has 0 aliphatic rings. The first-order valence-electron chi connectivity index (χ1n) is 13.4. The van der Waals surface area contributed by atoms with Gasteiger partial charge in [0.15, 0.2) is 0 Å². The van der Waals surface area contributed by atoms with Crippen LogP contribution in [-0.4, -0.2) is 139 Å². The molecule has 0 spiro atoms. The van der Waals surface area contributed by atoms with E-state index < -0.39 is 11.9 Å². The normalized spacial score (nSPS) is 4.52. The second kappa shape index (κ2) is 251. The van der Waals surface area contributed by atoms with E-state index in [1.165, 1.54) is 49.3 Å². The molecule has 20 N–H and O–H groups in total. The van der Waals surface area contributed by atoms with Crippen molar-refractivity contribution in [2.24, 2.45) is 0 Å². The van der Waals surface area contributed by atoms with Crippen molar-refractivity contribution in [1.29, 1.82) is 0 Å². The van der Waals surface area contributed by atoms with E-state index in [0.717, 1.165) is 13.8 Å². The number of aliphatic carboxylic acids is 2. The number of carbonyl (C=O) groups is 8. The zero-order chi connectivity index (χ0) is 39.1. The molecule has 0 aromatic rings. The molecule has 0 bridgehead atoms. The number of carboxylic acid groups (broad SMARTS) is 2. The Bertz CT molecular complexity index is 512. The van der Waals surface area contributed by atoms with E-state index in [1.54, 1.807) is 28.2 Å².